The SMILES string of the molecule is C=C/C(=C\C(=C/C)c1cnc2n[nH]c(-c3cc4c(-c5cc(C)cc(F)c5)nccc4[nH]3)c2c1)CC1CCNCC1. The fourth-order valence-corrected chi connectivity index (χ4v) is 5.71. The zero-order chi connectivity index (χ0) is 27.6. The van der Waals surface area contributed by atoms with Crippen LogP contribution in [0, 0.1) is 18.7 Å². The summed E-state index contributed by atoms with van der Waals surface area (Å²) >= 11 is 0. The number of H-pyrrole nitrogens is 2. The molecule has 0 unspecified atom stereocenters. The van der Waals surface area contributed by atoms with Crippen molar-refractivity contribution in [2.45, 2.75) is 33.1 Å². The van der Waals surface area contributed by atoms with E-state index in [-0.39, 0.29) is 5.82 Å². The number of aromatic nitrogens is 5. The summed E-state index contributed by atoms with van der Waals surface area (Å²) in [5, 5.41) is 12.9. The number of hydrogen-bond acceptors (Lipinski definition) is 4. The molecule has 0 atom stereocenters. The van der Waals surface area contributed by atoms with E-state index in [1.165, 1.54) is 30.5 Å². The van der Waals surface area contributed by atoms with E-state index in [4.69, 9.17) is 0 Å². The Bertz CT molecular complexity index is 1750. The van der Waals surface area contributed by atoms with Crippen LogP contribution in [0.25, 0.3) is 50.2 Å². The molecule has 202 valence electrons. The van der Waals surface area contributed by atoms with E-state index in [0.29, 0.717) is 11.6 Å². The lowest BCUT2D eigenvalue weighted by molar-refractivity contribution is 0.374. The molecular weight excluding hydrogens is 499 g/mol. The number of rotatable bonds is 7. The highest BCUT2D eigenvalue weighted by Gasteiger charge is 2.17. The first kappa shape index (κ1) is 25.9. The number of pyridine rings is 2. The third-order valence-electron chi connectivity index (χ3n) is 7.77. The Morgan fingerprint density at radius 1 is 1.10 bits per heavy atom. The third kappa shape index (κ3) is 5.12. The first-order chi connectivity index (χ1) is 19.5. The van der Waals surface area contributed by atoms with Crippen molar-refractivity contribution in [3.05, 3.63) is 96.1 Å². The van der Waals surface area contributed by atoms with E-state index in [0.717, 1.165) is 75.1 Å². The van der Waals surface area contributed by atoms with Crippen molar-refractivity contribution in [3.8, 4) is 22.6 Å². The van der Waals surface area contributed by atoms with E-state index in [2.05, 4.69) is 62.2 Å². The summed E-state index contributed by atoms with van der Waals surface area (Å²) in [4.78, 5) is 12.8. The Kier molecular flexibility index (Phi) is 7.13. The number of nitrogens with one attached hydrogen (secondary N) is 3. The lowest BCUT2D eigenvalue weighted by Crippen LogP contribution is -2.27. The van der Waals surface area contributed by atoms with Gasteiger partial charge in [0.15, 0.2) is 5.65 Å². The molecule has 1 saturated heterocycles. The van der Waals surface area contributed by atoms with E-state index in [1.54, 1.807) is 6.20 Å². The summed E-state index contributed by atoms with van der Waals surface area (Å²) in [5.41, 5.74) is 8.99. The molecule has 1 aliphatic heterocycles. The lowest BCUT2D eigenvalue weighted by atomic mass is 9.89. The van der Waals surface area contributed by atoms with Crippen LogP contribution in [-0.4, -0.2) is 38.2 Å². The number of nitrogens with zero attached hydrogens (tertiary/aromatic N) is 3. The van der Waals surface area contributed by atoms with Crippen LogP contribution in [0.3, 0.4) is 0 Å². The van der Waals surface area contributed by atoms with Gasteiger partial charge in [-0.2, -0.15) is 5.10 Å². The molecule has 0 amide bonds. The molecule has 4 aromatic heterocycles. The molecule has 0 radical (unpaired) electrons. The summed E-state index contributed by atoms with van der Waals surface area (Å²) in [7, 11) is 0. The minimum atomic E-state index is -0.271. The molecule has 0 spiro atoms. The predicted octanol–water partition coefficient (Wildman–Crippen LogP) is 7.52. The van der Waals surface area contributed by atoms with Gasteiger partial charge in [-0.25, -0.2) is 9.37 Å². The standard InChI is InChI=1S/C33H33FN6/c1-4-21(14-22-6-9-35-10-7-22)15-23(5-2)25-17-28-32(39-40-33(28)37-19-25)30-18-27-29(38-30)8-11-36-31(27)24-12-20(3)13-26(34)16-24/h4-5,8,11-13,15-19,22,35,38H,1,6-7,9-10,14H2,2-3H3,(H,37,39,40)/b21-15+,23-5+. The second-order valence-electron chi connectivity index (χ2n) is 10.6. The van der Waals surface area contributed by atoms with E-state index in [9.17, 15) is 4.39 Å². The zero-order valence-electron chi connectivity index (χ0n) is 22.9. The normalized spacial score (nSPS) is 15.3. The Labute approximate surface area is 233 Å². The number of fused-ring (bicyclic) bond motifs is 2. The van der Waals surface area contributed by atoms with Crippen molar-refractivity contribution in [1.82, 2.24) is 30.5 Å². The molecule has 6 rings (SSSR count). The van der Waals surface area contributed by atoms with E-state index >= 15 is 0 Å². The fraction of sp³-hybridized carbons (Fsp3) is 0.242. The molecular formula is C33H33FN6. The van der Waals surface area contributed by atoms with Gasteiger partial charge in [-0.05, 0) is 105 Å². The summed E-state index contributed by atoms with van der Waals surface area (Å²) in [6.07, 6.45) is 13.4. The first-order valence-corrected chi connectivity index (χ1v) is 13.8. The van der Waals surface area contributed by atoms with Crippen molar-refractivity contribution in [3.63, 3.8) is 0 Å². The lowest BCUT2D eigenvalue weighted by Gasteiger charge is -2.23. The fourth-order valence-electron chi connectivity index (χ4n) is 5.71. The van der Waals surface area contributed by atoms with E-state index < -0.39 is 0 Å². The molecule has 5 aromatic rings. The summed E-state index contributed by atoms with van der Waals surface area (Å²) in [5.74, 6) is 0.411. The molecule has 1 fully saturated rings. The Morgan fingerprint density at radius 2 is 1.95 bits per heavy atom. The van der Waals surface area contributed by atoms with Gasteiger partial charge in [0.2, 0.25) is 0 Å². The molecule has 7 heteroatoms. The number of hydrogen-bond donors (Lipinski definition) is 3. The molecule has 0 bridgehead atoms. The predicted molar refractivity (Wildman–Crippen MR) is 161 cm³/mol. The van der Waals surface area contributed by atoms with Crippen LogP contribution in [0.4, 0.5) is 4.39 Å². The van der Waals surface area contributed by atoms with Gasteiger partial charge in [0.25, 0.3) is 0 Å². The molecule has 6 nitrogen and oxygen atoms in total. The van der Waals surface area contributed by atoms with Crippen molar-refractivity contribution in [1.29, 1.82) is 0 Å². The number of aryl methyl sites for hydroxylation is 1. The number of allylic oxidation sites excluding steroid dienone is 5. The third-order valence-corrected chi connectivity index (χ3v) is 7.77. The summed E-state index contributed by atoms with van der Waals surface area (Å²) in [6, 6.07) is 11.1. The molecule has 1 aromatic carbocycles. The van der Waals surface area contributed by atoms with Crippen LogP contribution >= 0.6 is 0 Å². The van der Waals surface area contributed by atoms with Crippen molar-refractivity contribution in [2.75, 3.05) is 13.1 Å². The van der Waals surface area contributed by atoms with Crippen LogP contribution in [0.15, 0.2) is 79.2 Å². The van der Waals surface area contributed by atoms with Gasteiger partial charge in [0.1, 0.15) is 5.82 Å². The molecule has 5 heterocycles. The van der Waals surface area contributed by atoms with Crippen LogP contribution in [0.5, 0.6) is 0 Å². The van der Waals surface area contributed by atoms with Crippen molar-refractivity contribution < 1.29 is 4.39 Å². The van der Waals surface area contributed by atoms with Crippen LogP contribution in [-0.2, 0) is 0 Å². The van der Waals surface area contributed by atoms with Gasteiger partial charge >= 0.3 is 0 Å². The summed E-state index contributed by atoms with van der Waals surface area (Å²) < 4.78 is 14.2. The van der Waals surface area contributed by atoms with Crippen molar-refractivity contribution >= 4 is 27.5 Å². The van der Waals surface area contributed by atoms with Crippen LogP contribution in [0.2, 0.25) is 0 Å². The van der Waals surface area contributed by atoms with Crippen molar-refractivity contribution in [2.24, 2.45) is 5.92 Å². The van der Waals surface area contributed by atoms with Crippen LogP contribution < -0.4 is 5.32 Å². The minimum absolute atomic E-state index is 0.271. The van der Waals surface area contributed by atoms with E-state index in [1.807, 2.05) is 37.4 Å². The topological polar surface area (TPSA) is 82.3 Å². The maximum absolute atomic E-state index is 14.2. The monoisotopic (exact) mass is 532 g/mol. The minimum Gasteiger partial charge on any atom is -0.353 e. The van der Waals surface area contributed by atoms with Gasteiger partial charge in [-0.1, -0.05) is 24.8 Å². The molecule has 0 aliphatic carbocycles. The zero-order valence-corrected chi connectivity index (χ0v) is 22.9. The number of piperidine rings is 1. The Hall–Kier alpha value is -4.36. The highest BCUT2D eigenvalue weighted by molar-refractivity contribution is 6.00. The van der Waals surface area contributed by atoms with Crippen LogP contribution in [0.1, 0.15) is 37.3 Å². The second-order valence-corrected chi connectivity index (χ2v) is 10.6. The first-order valence-electron chi connectivity index (χ1n) is 13.8. The molecule has 40 heavy (non-hydrogen) atoms. The molecule has 1 aliphatic rings. The molecule has 3 N–H and O–H groups in total. The Morgan fingerprint density at radius 3 is 2.73 bits per heavy atom. The van der Waals surface area contributed by atoms with Gasteiger partial charge in [0, 0.05) is 39.8 Å². The number of aromatic amines is 2. The maximum Gasteiger partial charge on any atom is 0.181 e. The second kappa shape index (κ2) is 11.0. The largest absolute Gasteiger partial charge is 0.353 e. The Balaban J connectivity index is 1.37. The highest BCUT2D eigenvalue weighted by atomic mass is 19.1. The summed E-state index contributed by atoms with van der Waals surface area (Å²) in [6.45, 7) is 10.2. The average molecular weight is 533 g/mol. The van der Waals surface area contributed by atoms with Gasteiger partial charge < -0.3 is 10.3 Å². The highest BCUT2D eigenvalue weighted by Crippen LogP contribution is 2.34. The average Bonchev–Trinajstić information content (AvgIpc) is 3.59. The van der Waals surface area contributed by atoms with Gasteiger partial charge in [0.05, 0.1) is 17.1 Å². The molecule has 0 saturated carbocycles. The van der Waals surface area contributed by atoms with Gasteiger partial charge in [-0.3, -0.25) is 10.1 Å². The number of benzene rings is 1. The maximum atomic E-state index is 14.2. The van der Waals surface area contributed by atoms with Gasteiger partial charge in [-0.15, -0.1) is 0 Å². The number of halogens is 1. The smallest absolute Gasteiger partial charge is 0.181 e. The quantitative estimate of drug-likeness (QED) is 0.189.